The van der Waals surface area contributed by atoms with Crippen molar-refractivity contribution < 1.29 is 0 Å². The third-order valence-corrected chi connectivity index (χ3v) is 3.32. The fraction of sp³-hybridized carbons (Fsp3) is 0.615. The zero-order chi connectivity index (χ0) is 11.8. The standard InChI is InChI=1S/C13H20N2O/c1-4-5-6-9-7-10-11(15-12(9)16)13(2,3)8-14-10/h7,14H,4-6,8H2,1-3H3,(H,15,16). The van der Waals surface area contributed by atoms with E-state index in [0.29, 0.717) is 0 Å². The van der Waals surface area contributed by atoms with Gasteiger partial charge in [-0.1, -0.05) is 27.2 Å². The molecule has 0 saturated heterocycles. The van der Waals surface area contributed by atoms with E-state index < -0.39 is 0 Å². The molecule has 0 aromatic carbocycles. The number of unbranched alkanes of at least 4 members (excludes halogenated alkanes) is 1. The Hall–Kier alpha value is -1.25. The Morgan fingerprint density at radius 2 is 2.19 bits per heavy atom. The summed E-state index contributed by atoms with van der Waals surface area (Å²) in [6, 6.07) is 2.03. The minimum absolute atomic E-state index is 0.0395. The van der Waals surface area contributed by atoms with Crippen molar-refractivity contribution in [1.29, 1.82) is 0 Å². The van der Waals surface area contributed by atoms with Crippen LogP contribution < -0.4 is 10.9 Å². The number of fused-ring (bicyclic) bond motifs is 1. The van der Waals surface area contributed by atoms with Gasteiger partial charge in [0, 0.05) is 23.2 Å². The van der Waals surface area contributed by atoms with Gasteiger partial charge in [-0.15, -0.1) is 0 Å². The number of hydrogen-bond donors (Lipinski definition) is 2. The van der Waals surface area contributed by atoms with Crippen LogP contribution in [0.5, 0.6) is 0 Å². The molecule has 2 N–H and O–H groups in total. The number of aromatic nitrogens is 1. The van der Waals surface area contributed by atoms with Crippen LogP contribution in [0.25, 0.3) is 0 Å². The van der Waals surface area contributed by atoms with E-state index in [4.69, 9.17) is 0 Å². The lowest BCUT2D eigenvalue weighted by atomic mass is 9.91. The molecule has 0 unspecified atom stereocenters. The molecule has 0 saturated carbocycles. The second kappa shape index (κ2) is 3.96. The molecular weight excluding hydrogens is 200 g/mol. The van der Waals surface area contributed by atoms with E-state index in [0.717, 1.165) is 42.8 Å². The van der Waals surface area contributed by atoms with E-state index in [1.165, 1.54) is 0 Å². The number of nitrogens with one attached hydrogen (secondary N) is 2. The van der Waals surface area contributed by atoms with Gasteiger partial charge < -0.3 is 10.3 Å². The quantitative estimate of drug-likeness (QED) is 0.821. The van der Waals surface area contributed by atoms with Crippen LogP contribution in [0.1, 0.15) is 44.9 Å². The first kappa shape index (κ1) is 11.2. The molecule has 16 heavy (non-hydrogen) atoms. The molecule has 0 radical (unpaired) electrons. The number of anilines is 1. The molecule has 0 aliphatic carbocycles. The third-order valence-electron chi connectivity index (χ3n) is 3.32. The molecule has 0 bridgehead atoms. The van der Waals surface area contributed by atoms with Crippen molar-refractivity contribution in [3.8, 4) is 0 Å². The van der Waals surface area contributed by atoms with Crippen LogP contribution in [0, 0.1) is 0 Å². The van der Waals surface area contributed by atoms with Gasteiger partial charge in [-0.05, 0) is 18.9 Å². The topological polar surface area (TPSA) is 44.9 Å². The minimum Gasteiger partial charge on any atom is -0.383 e. The van der Waals surface area contributed by atoms with Gasteiger partial charge in [0.1, 0.15) is 0 Å². The molecule has 2 rings (SSSR count). The number of aryl methyl sites for hydroxylation is 1. The van der Waals surface area contributed by atoms with E-state index >= 15 is 0 Å². The zero-order valence-corrected chi connectivity index (χ0v) is 10.3. The predicted molar refractivity (Wildman–Crippen MR) is 67.2 cm³/mol. The number of pyridine rings is 1. The summed E-state index contributed by atoms with van der Waals surface area (Å²) >= 11 is 0. The Morgan fingerprint density at radius 1 is 1.44 bits per heavy atom. The maximum absolute atomic E-state index is 11.9. The molecule has 0 spiro atoms. The molecule has 1 aliphatic rings. The molecule has 0 fully saturated rings. The highest BCUT2D eigenvalue weighted by atomic mass is 16.1. The fourth-order valence-electron chi connectivity index (χ4n) is 2.20. The summed E-state index contributed by atoms with van der Waals surface area (Å²) in [7, 11) is 0. The van der Waals surface area contributed by atoms with Gasteiger partial charge in [0.15, 0.2) is 0 Å². The van der Waals surface area contributed by atoms with E-state index in [1.54, 1.807) is 0 Å². The van der Waals surface area contributed by atoms with Crippen LogP contribution in [-0.2, 0) is 11.8 Å². The van der Waals surface area contributed by atoms with Crippen LogP contribution in [0.2, 0.25) is 0 Å². The Kier molecular flexibility index (Phi) is 2.78. The minimum atomic E-state index is 0.0395. The van der Waals surface area contributed by atoms with Gasteiger partial charge in [-0.3, -0.25) is 4.79 Å². The van der Waals surface area contributed by atoms with Crippen molar-refractivity contribution in [2.24, 2.45) is 0 Å². The summed E-state index contributed by atoms with van der Waals surface area (Å²) in [6.45, 7) is 7.33. The summed E-state index contributed by atoms with van der Waals surface area (Å²) in [5.74, 6) is 0. The summed E-state index contributed by atoms with van der Waals surface area (Å²) in [4.78, 5) is 14.9. The van der Waals surface area contributed by atoms with Crippen molar-refractivity contribution in [1.82, 2.24) is 4.98 Å². The first-order chi connectivity index (χ1) is 7.54. The highest BCUT2D eigenvalue weighted by molar-refractivity contribution is 5.57. The Morgan fingerprint density at radius 3 is 2.88 bits per heavy atom. The van der Waals surface area contributed by atoms with Gasteiger partial charge >= 0.3 is 0 Å². The average molecular weight is 220 g/mol. The second-order valence-electron chi connectivity index (χ2n) is 5.25. The molecule has 3 heteroatoms. The first-order valence-electron chi connectivity index (χ1n) is 6.05. The Labute approximate surface area is 96.3 Å². The lowest BCUT2D eigenvalue weighted by Gasteiger charge is -2.16. The second-order valence-corrected chi connectivity index (χ2v) is 5.25. The Balaban J connectivity index is 2.37. The molecule has 1 aromatic rings. The summed E-state index contributed by atoms with van der Waals surface area (Å²) in [5, 5.41) is 3.36. The molecule has 2 heterocycles. The molecule has 3 nitrogen and oxygen atoms in total. The number of H-pyrrole nitrogens is 1. The van der Waals surface area contributed by atoms with Crippen molar-refractivity contribution >= 4 is 5.69 Å². The maximum Gasteiger partial charge on any atom is 0.251 e. The van der Waals surface area contributed by atoms with Crippen LogP contribution in [0.15, 0.2) is 10.9 Å². The molecular formula is C13H20N2O. The van der Waals surface area contributed by atoms with Gasteiger partial charge in [-0.2, -0.15) is 0 Å². The van der Waals surface area contributed by atoms with Crippen molar-refractivity contribution in [2.75, 3.05) is 11.9 Å². The monoisotopic (exact) mass is 220 g/mol. The normalized spacial score (nSPS) is 16.9. The first-order valence-corrected chi connectivity index (χ1v) is 6.05. The van der Waals surface area contributed by atoms with E-state index in [2.05, 4.69) is 31.1 Å². The van der Waals surface area contributed by atoms with E-state index in [1.807, 2.05) is 6.07 Å². The van der Waals surface area contributed by atoms with Crippen LogP contribution >= 0.6 is 0 Å². The molecule has 1 aliphatic heterocycles. The Bertz CT molecular complexity index is 446. The highest BCUT2D eigenvalue weighted by Gasteiger charge is 2.31. The van der Waals surface area contributed by atoms with Crippen molar-refractivity contribution in [2.45, 2.75) is 45.4 Å². The number of hydrogen-bond acceptors (Lipinski definition) is 2. The van der Waals surface area contributed by atoms with Crippen LogP contribution in [-0.4, -0.2) is 11.5 Å². The summed E-state index contributed by atoms with van der Waals surface area (Å²) < 4.78 is 0. The lowest BCUT2D eigenvalue weighted by Crippen LogP contribution is -2.23. The number of aromatic amines is 1. The lowest BCUT2D eigenvalue weighted by molar-refractivity contribution is 0.566. The van der Waals surface area contributed by atoms with E-state index in [-0.39, 0.29) is 11.0 Å². The largest absolute Gasteiger partial charge is 0.383 e. The molecule has 1 aromatic heterocycles. The molecule has 0 amide bonds. The number of rotatable bonds is 3. The van der Waals surface area contributed by atoms with Gasteiger partial charge in [0.05, 0.1) is 5.69 Å². The smallest absolute Gasteiger partial charge is 0.251 e. The summed E-state index contributed by atoms with van der Waals surface area (Å²) in [5.41, 5.74) is 3.20. The third kappa shape index (κ3) is 1.86. The SMILES string of the molecule is CCCCc1cc2c([nH]c1=O)C(C)(C)CN2. The van der Waals surface area contributed by atoms with Gasteiger partial charge in [0.25, 0.3) is 5.56 Å². The predicted octanol–water partition coefficient (Wildman–Crippen LogP) is 2.42. The van der Waals surface area contributed by atoms with E-state index in [9.17, 15) is 4.79 Å². The highest BCUT2D eigenvalue weighted by Crippen LogP contribution is 2.33. The van der Waals surface area contributed by atoms with Gasteiger partial charge in [0.2, 0.25) is 0 Å². The average Bonchev–Trinajstić information content (AvgIpc) is 2.52. The molecule has 88 valence electrons. The maximum atomic E-state index is 11.9. The summed E-state index contributed by atoms with van der Waals surface area (Å²) in [6.07, 6.45) is 3.07. The van der Waals surface area contributed by atoms with Crippen molar-refractivity contribution in [3.05, 3.63) is 27.7 Å². The zero-order valence-electron chi connectivity index (χ0n) is 10.3. The molecule has 0 atom stereocenters. The van der Waals surface area contributed by atoms with Crippen LogP contribution in [0.3, 0.4) is 0 Å². The van der Waals surface area contributed by atoms with Crippen LogP contribution in [0.4, 0.5) is 5.69 Å². The van der Waals surface area contributed by atoms with Crippen molar-refractivity contribution in [3.63, 3.8) is 0 Å². The fourth-order valence-corrected chi connectivity index (χ4v) is 2.20. The van der Waals surface area contributed by atoms with Gasteiger partial charge in [-0.25, -0.2) is 0 Å².